The molecule has 0 fully saturated rings. The Labute approximate surface area is 138 Å². The lowest BCUT2D eigenvalue weighted by Crippen LogP contribution is -2.23. The summed E-state index contributed by atoms with van der Waals surface area (Å²) >= 11 is 1.53. The second-order valence-corrected chi connectivity index (χ2v) is 5.48. The van der Waals surface area contributed by atoms with Crippen molar-refractivity contribution in [3.63, 3.8) is 0 Å². The zero-order valence-electron chi connectivity index (χ0n) is 12.8. The van der Waals surface area contributed by atoms with Gasteiger partial charge in [0.25, 0.3) is 0 Å². The van der Waals surface area contributed by atoms with E-state index < -0.39 is 6.09 Å². The number of allylic oxidation sites excluding steroid dienone is 1. The van der Waals surface area contributed by atoms with Crippen LogP contribution in [0.3, 0.4) is 0 Å². The number of hydrogen-bond donors (Lipinski definition) is 1. The number of ether oxygens (including phenoxy) is 1. The first-order chi connectivity index (χ1) is 11.1. The first-order valence-electron chi connectivity index (χ1n) is 6.86. The third kappa shape index (κ3) is 4.72. The molecule has 120 valence electrons. The summed E-state index contributed by atoms with van der Waals surface area (Å²) < 4.78 is 5.12. The maximum absolute atomic E-state index is 11.1. The fraction of sp³-hybridized carbons (Fsp3) is 0.188. The van der Waals surface area contributed by atoms with Crippen LogP contribution in [0.2, 0.25) is 0 Å². The molecule has 0 unspecified atom stereocenters. The second kappa shape index (κ2) is 8.19. The fourth-order valence-corrected chi connectivity index (χ4v) is 2.54. The van der Waals surface area contributed by atoms with Gasteiger partial charge in [0, 0.05) is 12.0 Å². The Hall–Kier alpha value is -2.54. The predicted molar refractivity (Wildman–Crippen MR) is 89.9 cm³/mol. The van der Waals surface area contributed by atoms with Gasteiger partial charge in [-0.25, -0.2) is 19.7 Å². The highest BCUT2D eigenvalue weighted by Crippen LogP contribution is 2.23. The number of methoxy groups -OCH3 is 1. The van der Waals surface area contributed by atoms with Crippen molar-refractivity contribution in [3.05, 3.63) is 54.5 Å². The van der Waals surface area contributed by atoms with E-state index in [4.69, 9.17) is 9.84 Å². The molecule has 1 aromatic heterocycles. The average Bonchev–Trinajstić information content (AvgIpc) is 2.58. The third-order valence-corrected chi connectivity index (χ3v) is 3.90. The van der Waals surface area contributed by atoms with E-state index >= 15 is 0 Å². The predicted octanol–water partition coefficient (Wildman–Crippen LogP) is 3.80. The van der Waals surface area contributed by atoms with Crippen LogP contribution in [-0.2, 0) is 5.75 Å². The number of carboxylic acid groups (broad SMARTS) is 1. The number of amides is 1. The van der Waals surface area contributed by atoms with Gasteiger partial charge in [0.1, 0.15) is 10.8 Å². The molecule has 0 bridgehead atoms. The molecule has 0 radical (unpaired) electrons. The van der Waals surface area contributed by atoms with Crippen molar-refractivity contribution in [2.75, 3.05) is 12.0 Å². The largest absolute Gasteiger partial charge is 0.497 e. The topological polar surface area (TPSA) is 75.6 Å². The Morgan fingerprint density at radius 3 is 2.57 bits per heavy atom. The molecule has 0 aliphatic carbocycles. The molecule has 0 saturated heterocycles. The SMILES string of the molecule is C/C=C\N(C(=O)O)c1cnc(SCc2ccc(OC)cc2)cn1. The van der Waals surface area contributed by atoms with Gasteiger partial charge in [-0.2, -0.15) is 0 Å². The highest BCUT2D eigenvalue weighted by molar-refractivity contribution is 7.98. The molecule has 2 aromatic rings. The molecule has 0 atom stereocenters. The maximum atomic E-state index is 11.1. The summed E-state index contributed by atoms with van der Waals surface area (Å²) in [6.07, 6.45) is 4.97. The number of benzene rings is 1. The summed E-state index contributed by atoms with van der Waals surface area (Å²) in [5, 5.41) is 9.85. The van der Waals surface area contributed by atoms with Gasteiger partial charge in [0.15, 0.2) is 5.82 Å². The number of carbonyl (C=O) groups is 1. The van der Waals surface area contributed by atoms with Crippen molar-refractivity contribution in [2.45, 2.75) is 17.7 Å². The maximum Gasteiger partial charge on any atom is 0.417 e. The lowest BCUT2D eigenvalue weighted by molar-refractivity contribution is 0.204. The molecular formula is C16H17N3O3S. The summed E-state index contributed by atoms with van der Waals surface area (Å²) in [7, 11) is 1.63. The van der Waals surface area contributed by atoms with E-state index in [1.807, 2.05) is 24.3 Å². The van der Waals surface area contributed by atoms with Crippen LogP contribution in [0.25, 0.3) is 0 Å². The minimum absolute atomic E-state index is 0.268. The van der Waals surface area contributed by atoms with Crippen LogP contribution in [0.15, 0.2) is 54.0 Å². The van der Waals surface area contributed by atoms with Crippen LogP contribution >= 0.6 is 11.8 Å². The lowest BCUT2D eigenvalue weighted by Gasteiger charge is -2.12. The van der Waals surface area contributed by atoms with E-state index in [1.54, 1.807) is 26.3 Å². The molecule has 2 rings (SSSR count). The van der Waals surface area contributed by atoms with Gasteiger partial charge in [-0.15, -0.1) is 11.8 Å². The first kappa shape index (κ1) is 16.8. The van der Waals surface area contributed by atoms with E-state index in [2.05, 4.69) is 9.97 Å². The van der Waals surface area contributed by atoms with Gasteiger partial charge < -0.3 is 9.84 Å². The summed E-state index contributed by atoms with van der Waals surface area (Å²) in [5.41, 5.74) is 1.14. The van der Waals surface area contributed by atoms with Gasteiger partial charge in [-0.05, 0) is 24.6 Å². The number of anilines is 1. The minimum Gasteiger partial charge on any atom is -0.497 e. The fourth-order valence-electron chi connectivity index (χ4n) is 1.77. The van der Waals surface area contributed by atoms with E-state index in [1.165, 1.54) is 24.2 Å². The molecule has 23 heavy (non-hydrogen) atoms. The van der Waals surface area contributed by atoms with Crippen molar-refractivity contribution in [1.29, 1.82) is 0 Å². The Kier molecular flexibility index (Phi) is 5.99. The summed E-state index contributed by atoms with van der Waals surface area (Å²) in [4.78, 5) is 20.5. The first-order valence-corrected chi connectivity index (χ1v) is 7.85. The summed E-state index contributed by atoms with van der Waals surface area (Å²) in [6, 6.07) is 7.80. The van der Waals surface area contributed by atoms with Crippen molar-refractivity contribution < 1.29 is 14.6 Å². The molecule has 0 aliphatic rings. The van der Waals surface area contributed by atoms with E-state index in [-0.39, 0.29) is 5.82 Å². The van der Waals surface area contributed by atoms with Gasteiger partial charge in [0.2, 0.25) is 0 Å². The summed E-state index contributed by atoms with van der Waals surface area (Å²) in [5.74, 6) is 1.83. The van der Waals surface area contributed by atoms with Gasteiger partial charge in [-0.1, -0.05) is 18.2 Å². The van der Waals surface area contributed by atoms with E-state index in [0.29, 0.717) is 0 Å². The van der Waals surface area contributed by atoms with Crippen LogP contribution < -0.4 is 9.64 Å². The van der Waals surface area contributed by atoms with Crippen LogP contribution in [0.4, 0.5) is 10.6 Å². The number of nitrogens with zero attached hydrogens (tertiary/aromatic N) is 3. The highest BCUT2D eigenvalue weighted by atomic mass is 32.2. The van der Waals surface area contributed by atoms with Crippen molar-refractivity contribution in [3.8, 4) is 5.75 Å². The Balaban J connectivity index is 2.00. The second-order valence-electron chi connectivity index (χ2n) is 4.48. The molecule has 7 heteroatoms. The van der Waals surface area contributed by atoms with Gasteiger partial charge >= 0.3 is 6.09 Å². The molecule has 1 heterocycles. The smallest absolute Gasteiger partial charge is 0.417 e. The van der Waals surface area contributed by atoms with Crippen molar-refractivity contribution in [1.82, 2.24) is 9.97 Å². The molecule has 0 saturated carbocycles. The van der Waals surface area contributed by atoms with Crippen LogP contribution in [0, 0.1) is 0 Å². The molecule has 1 amide bonds. The average molecular weight is 331 g/mol. The minimum atomic E-state index is -1.10. The van der Waals surface area contributed by atoms with Gasteiger partial charge in [-0.3, -0.25) is 0 Å². The summed E-state index contributed by atoms with van der Waals surface area (Å²) in [6.45, 7) is 1.74. The molecule has 0 spiro atoms. The lowest BCUT2D eigenvalue weighted by atomic mass is 10.2. The van der Waals surface area contributed by atoms with E-state index in [9.17, 15) is 4.79 Å². The van der Waals surface area contributed by atoms with Crippen molar-refractivity contribution >= 4 is 23.7 Å². The number of thioether (sulfide) groups is 1. The van der Waals surface area contributed by atoms with Gasteiger partial charge in [0.05, 0.1) is 19.5 Å². The van der Waals surface area contributed by atoms with Crippen LogP contribution in [-0.4, -0.2) is 28.3 Å². The van der Waals surface area contributed by atoms with E-state index in [0.717, 1.165) is 27.0 Å². The Morgan fingerprint density at radius 2 is 2.04 bits per heavy atom. The van der Waals surface area contributed by atoms with Crippen molar-refractivity contribution in [2.24, 2.45) is 0 Å². The Morgan fingerprint density at radius 1 is 1.30 bits per heavy atom. The third-order valence-electron chi connectivity index (χ3n) is 2.91. The standard InChI is InChI=1S/C16H17N3O3S/c1-3-8-19(16(20)21)14-9-18-15(10-17-14)23-11-12-4-6-13(22-2)7-5-12/h3-10H,11H2,1-2H3,(H,20,21)/b8-3-. The van der Waals surface area contributed by atoms with Crippen LogP contribution in [0.1, 0.15) is 12.5 Å². The quantitative estimate of drug-likeness (QED) is 0.812. The molecular weight excluding hydrogens is 314 g/mol. The Bertz CT molecular complexity index is 672. The zero-order valence-corrected chi connectivity index (χ0v) is 13.7. The number of rotatable bonds is 6. The molecule has 1 aromatic carbocycles. The molecule has 1 N–H and O–H groups in total. The number of hydrogen-bond acceptors (Lipinski definition) is 5. The highest BCUT2D eigenvalue weighted by Gasteiger charge is 2.12. The number of aromatic nitrogens is 2. The normalized spacial score (nSPS) is 10.7. The monoisotopic (exact) mass is 331 g/mol. The molecule has 6 nitrogen and oxygen atoms in total. The van der Waals surface area contributed by atoms with Crippen LogP contribution in [0.5, 0.6) is 5.75 Å². The zero-order chi connectivity index (χ0) is 16.7. The molecule has 0 aliphatic heterocycles.